The van der Waals surface area contributed by atoms with E-state index < -0.39 is 18.5 Å². The smallest absolute Gasteiger partial charge is 0.433 e. The number of ether oxygens (including phenoxy) is 1. The molecule has 1 fully saturated rings. The van der Waals surface area contributed by atoms with Gasteiger partial charge < -0.3 is 15.4 Å². The zero-order chi connectivity index (χ0) is 21.9. The molecule has 2 aromatic rings. The first kappa shape index (κ1) is 22.5. The van der Waals surface area contributed by atoms with Gasteiger partial charge in [-0.3, -0.25) is 4.68 Å². The minimum Gasteiger partial charge on any atom is -0.433 e. The van der Waals surface area contributed by atoms with Crippen LogP contribution in [0.15, 0.2) is 24.3 Å². The number of aromatic nitrogens is 2. The van der Waals surface area contributed by atoms with Gasteiger partial charge in [-0.2, -0.15) is 27.1 Å². The van der Waals surface area contributed by atoms with Gasteiger partial charge in [0.1, 0.15) is 5.75 Å². The molecule has 3 rings (SSSR count). The van der Waals surface area contributed by atoms with E-state index in [4.69, 9.17) is 23.8 Å². The van der Waals surface area contributed by atoms with Crippen molar-refractivity contribution in [2.75, 3.05) is 11.9 Å². The largest absolute Gasteiger partial charge is 0.436 e. The Hall–Kier alpha value is -2.14. The summed E-state index contributed by atoms with van der Waals surface area (Å²) in [5.74, 6) is -0.0558. The van der Waals surface area contributed by atoms with Crippen LogP contribution in [0.3, 0.4) is 0 Å². The van der Waals surface area contributed by atoms with Gasteiger partial charge in [-0.25, -0.2) is 0 Å². The summed E-state index contributed by atoms with van der Waals surface area (Å²) in [6, 6.07) is 6.07. The second-order valence-corrected chi connectivity index (χ2v) is 7.44. The monoisotopic (exact) mass is 468 g/mol. The summed E-state index contributed by atoms with van der Waals surface area (Å²) in [6.45, 7) is -2.42. The van der Waals surface area contributed by atoms with E-state index in [9.17, 15) is 22.0 Å². The molecule has 0 saturated heterocycles. The highest BCUT2D eigenvalue weighted by Crippen LogP contribution is 2.46. The molecule has 0 spiro atoms. The molecule has 0 bridgehead atoms. The van der Waals surface area contributed by atoms with Crippen LogP contribution in [-0.2, 0) is 12.7 Å². The first-order valence-corrected chi connectivity index (χ1v) is 9.87. The molecule has 1 aromatic carbocycles. The number of para-hydroxylation sites is 2. The second-order valence-electron chi connectivity index (χ2n) is 6.65. The Morgan fingerprint density at radius 2 is 2.00 bits per heavy atom. The Labute approximate surface area is 179 Å². The van der Waals surface area contributed by atoms with E-state index in [0.717, 1.165) is 12.8 Å². The van der Waals surface area contributed by atoms with Crippen LogP contribution >= 0.6 is 23.8 Å². The van der Waals surface area contributed by atoms with Gasteiger partial charge in [0.15, 0.2) is 10.8 Å². The normalized spacial score (nSPS) is 14.1. The second kappa shape index (κ2) is 9.34. The van der Waals surface area contributed by atoms with E-state index in [-0.39, 0.29) is 34.0 Å². The zero-order valence-corrected chi connectivity index (χ0v) is 17.1. The number of hydrogen-bond donors (Lipinski definition) is 2. The Balaban J connectivity index is 1.54. The van der Waals surface area contributed by atoms with Gasteiger partial charge in [-0.15, -0.1) is 0 Å². The van der Waals surface area contributed by atoms with E-state index in [1.54, 1.807) is 12.1 Å². The van der Waals surface area contributed by atoms with Gasteiger partial charge in [-0.05, 0) is 43.6 Å². The molecule has 2 N–H and O–H groups in total. The summed E-state index contributed by atoms with van der Waals surface area (Å²) in [5, 5.41) is 9.13. The van der Waals surface area contributed by atoms with E-state index >= 15 is 0 Å². The molecule has 0 atom stereocenters. The lowest BCUT2D eigenvalue weighted by Gasteiger charge is -2.14. The molecule has 0 unspecified atom stereocenters. The van der Waals surface area contributed by atoms with E-state index in [2.05, 4.69) is 20.5 Å². The number of hydrogen-bond acceptors (Lipinski definition) is 3. The van der Waals surface area contributed by atoms with Gasteiger partial charge >= 0.3 is 12.8 Å². The van der Waals surface area contributed by atoms with Gasteiger partial charge in [0.25, 0.3) is 0 Å². The molecule has 0 aliphatic heterocycles. The van der Waals surface area contributed by atoms with Crippen LogP contribution in [0, 0.1) is 0 Å². The molecule has 30 heavy (non-hydrogen) atoms. The third-order valence-electron chi connectivity index (χ3n) is 4.35. The molecule has 164 valence electrons. The number of halogens is 6. The van der Waals surface area contributed by atoms with Crippen molar-refractivity contribution in [1.29, 1.82) is 0 Å². The summed E-state index contributed by atoms with van der Waals surface area (Å²) in [7, 11) is 0. The van der Waals surface area contributed by atoms with Gasteiger partial charge in [0, 0.05) is 19.0 Å². The van der Waals surface area contributed by atoms with Crippen LogP contribution in [0.25, 0.3) is 0 Å². The highest BCUT2D eigenvalue weighted by molar-refractivity contribution is 7.80. The summed E-state index contributed by atoms with van der Waals surface area (Å²) in [4.78, 5) is 0. The quantitative estimate of drug-likeness (QED) is 0.308. The molecule has 1 aliphatic rings. The molecule has 1 aliphatic carbocycles. The van der Waals surface area contributed by atoms with Crippen LogP contribution in [0.1, 0.15) is 36.6 Å². The fourth-order valence-corrected chi connectivity index (χ4v) is 3.53. The Morgan fingerprint density at radius 1 is 1.30 bits per heavy atom. The molecule has 0 amide bonds. The molecule has 1 aromatic heterocycles. The predicted octanol–water partition coefficient (Wildman–Crippen LogP) is 5.41. The van der Waals surface area contributed by atoms with Gasteiger partial charge in [0.05, 0.1) is 16.4 Å². The summed E-state index contributed by atoms with van der Waals surface area (Å²) < 4.78 is 69.9. The number of aryl methyl sites for hydroxylation is 1. The number of alkyl halides is 5. The first-order chi connectivity index (χ1) is 14.2. The minimum absolute atomic E-state index is 0.00291. The third kappa shape index (κ3) is 5.72. The fourth-order valence-electron chi connectivity index (χ4n) is 2.92. The highest BCUT2D eigenvalue weighted by atomic mass is 35.5. The summed E-state index contributed by atoms with van der Waals surface area (Å²) >= 11 is 11.1. The lowest BCUT2D eigenvalue weighted by atomic mass is 10.2. The number of benzene rings is 1. The topological polar surface area (TPSA) is 51.1 Å². The van der Waals surface area contributed by atoms with Crippen molar-refractivity contribution in [1.82, 2.24) is 15.1 Å². The first-order valence-electron chi connectivity index (χ1n) is 9.09. The average molecular weight is 469 g/mol. The molecular weight excluding hydrogens is 451 g/mol. The van der Waals surface area contributed by atoms with Crippen molar-refractivity contribution in [3.8, 4) is 5.75 Å². The Kier molecular flexibility index (Phi) is 7.02. The Bertz CT molecular complexity index is 901. The minimum atomic E-state index is -4.61. The molecular formula is C18H18ClF5N4OS. The van der Waals surface area contributed by atoms with Crippen molar-refractivity contribution in [3.63, 3.8) is 0 Å². The molecule has 0 radical (unpaired) electrons. The van der Waals surface area contributed by atoms with E-state index in [1.807, 2.05) is 0 Å². The zero-order valence-electron chi connectivity index (χ0n) is 15.5. The third-order valence-corrected chi connectivity index (χ3v) is 4.97. The van der Waals surface area contributed by atoms with E-state index in [0.29, 0.717) is 18.7 Å². The molecule has 1 saturated carbocycles. The van der Waals surface area contributed by atoms with Crippen molar-refractivity contribution in [2.45, 2.75) is 44.5 Å². The van der Waals surface area contributed by atoms with Crippen LogP contribution in [0.4, 0.5) is 27.6 Å². The number of thiocarbonyl (C=S) groups is 1. The highest BCUT2D eigenvalue weighted by Gasteiger charge is 2.41. The predicted molar refractivity (Wildman–Crippen MR) is 106 cm³/mol. The van der Waals surface area contributed by atoms with Gasteiger partial charge in [-0.1, -0.05) is 23.7 Å². The maximum absolute atomic E-state index is 13.1. The number of anilines is 1. The lowest BCUT2D eigenvalue weighted by molar-refractivity contribution is -0.141. The van der Waals surface area contributed by atoms with Crippen molar-refractivity contribution >= 4 is 34.6 Å². The lowest BCUT2D eigenvalue weighted by Crippen LogP contribution is -2.30. The maximum atomic E-state index is 13.1. The van der Waals surface area contributed by atoms with Crippen LogP contribution in [-0.4, -0.2) is 28.0 Å². The summed E-state index contributed by atoms with van der Waals surface area (Å²) in [6.07, 6.45) is -2.61. The van der Waals surface area contributed by atoms with Crippen molar-refractivity contribution in [3.05, 3.63) is 40.7 Å². The summed E-state index contributed by atoms with van der Waals surface area (Å²) in [5.41, 5.74) is -0.380. The number of nitrogens with zero attached hydrogens (tertiary/aromatic N) is 2. The van der Waals surface area contributed by atoms with E-state index in [1.165, 1.54) is 16.8 Å². The fraction of sp³-hybridized carbons (Fsp3) is 0.444. The van der Waals surface area contributed by atoms with Crippen molar-refractivity contribution < 1.29 is 26.7 Å². The maximum Gasteiger partial charge on any atom is 0.436 e. The Morgan fingerprint density at radius 3 is 2.63 bits per heavy atom. The average Bonchev–Trinajstić information content (AvgIpc) is 3.42. The van der Waals surface area contributed by atoms with Crippen molar-refractivity contribution in [2.24, 2.45) is 0 Å². The number of nitrogens with one attached hydrogen (secondary N) is 2. The van der Waals surface area contributed by atoms with Crippen LogP contribution in [0.5, 0.6) is 5.75 Å². The van der Waals surface area contributed by atoms with Crippen LogP contribution in [0.2, 0.25) is 5.02 Å². The molecule has 1 heterocycles. The van der Waals surface area contributed by atoms with Crippen LogP contribution < -0.4 is 15.4 Å². The van der Waals surface area contributed by atoms with Gasteiger partial charge in [0.2, 0.25) is 0 Å². The number of rotatable bonds is 8. The standard InChI is InChI=1S/C18H18ClF5N4OS/c19-13-14(10-6-7-10)28(27-15(13)18(22,23)24)9-3-8-25-17(30)26-11-4-1-2-5-12(11)29-16(20)21/h1-2,4-5,10,16H,3,6-9H2,(H2,25,26,30). The molecule has 5 nitrogen and oxygen atoms in total. The molecule has 12 heteroatoms. The SMILES string of the molecule is FC(F)Oc1ccccc1NC(=S)NCCCn1nc(C(F)(F)F)c(Cl)c1C1CC1.